The van der Waals surface area contributed by atoms with Gasteiger partial charge in [-0.05, 0) is 71.1 Å². The lowest BCUT2D eigenvalue weighted by atomic mass is 9.82. The largest absolute Gasteiger partial charge is 0.392 e. The summed E-state index contributed by atoms with van der Waals surface area (Å²) in [4.78, 5) is 2.29. The van der Waals surface area contributed by atoms with Crippen LogP contribution in [0.2, 0.25) is 0 Å². The van der Waals surface area contributed by atoms with Gasteiger partial charge in [0.05, 0.1) is 6.61 Å². The molecule has 0 spiro atoms. The molecule has 2 heteroatoms. The molecule has 5 rings (SSSR count). The summed E-state index contributed by atoms with van der Waals surface area (Å²) in [6.07, 6.45) is 0. The van der Waals surface area contributed by atoms with Crippen LogP contribution in [0.1, 0.15) is 36.1 Å². The molecule has 1 aliphatic rings. The van der Waals surface area contributed by atoms with E-state index in [9.17, 15) is 5.11 Å². The van der Waals surface area contributed by atoms with Crippen LogP contribution in [0.4, 0.5) is 17.1 Å². The maximum absolute atomic E-state index is 9.47. The molecule has 0 unspecified atom stereocenters. The number of fused-ring (bicyclic) bond motifs is 3. The molecule has 0 fully saturated rings. The predicted octanol–water partition coefficient (Wildman–Crippen LogP) is 7.26. The van der Waals surface area contributed by atoms with Gasteiger partial charge in [0.2, 0.25) is 0 Å². The topological polar surface area (TPSA) is 23.5 Å². The van der Waals surface area contributed by atoms with Gasteiger partial charge in [-0.15, -0.1) is 0 Å². The van der Waals surface area contributed by atoms with E-state index in [4.69, 9.17) is 0 Å². The molecule has 0 aliphatic heterocycles. The second-order valence-electron chi connectivity index (χ2n) is 8.90. The Hall–Kier alpha value is -3.36. The first-order chi connectivity index (χ1) is 15.0. The van der Waals surface area contributed by atoms with E-state index in [-0.39, 0.29) is 12.0 Å². The van der Waals surface area contributed by atoms with Gasteiger partial charge in [-0.2, -0.15) is 0 Å². The van der Waals surface area contributed by atoms with Crippen molar-refractivity contribution in [1.29, 1.82) is 0 Å². The molecule has 2 nitrogen and oxygen atoms in total. The average Bonchev–Trinajstić information content (AvgIpc) is 3.03. The Balaban J connectivity index is 1.67. The quantitative estimate of drug-likeness (QED) is 0.386. The van der Waals surface area contributed by atoms with Gasteiger partial charge in [-0.3, -0.25) is 0 Å². The van der Waals surface area contributed by atoms with Crippen molar-refractivity contribution < 1.29 is 5.11 Å². The van der Waals surface area contributed by atoms with E-state index in [1.54, 1.807) is 0 Å². The predicted molar refractivity (Wildman–Crippen MR) is 129 cm³/mol. The molecule has 0 radical (unpaired) electrons. The molecule has 0 amide bonds. The summed E-state index contributed by atoms with van der Waals surface area (Å²) in [5.41, 5.74) is 10.9. The van der Waals surface area contributed by atoms with E-state index in [2.05, 4.69) is 105 Å². The number of hydrogen-bond acceptors (Lipinski definition) is 2. The number of anilines is 3. The summed E-state index contributed by atoms with van der Waals surface area (Å²) < 4.78 is 0. The Morgan fingerprint density at radius 3 is 1.94 bits per heavy atom. The van der Waals surface area contributed by atoms with Crippen molar-refractivity contribution in [3.05, 3.63) is 113 Å². The third kappa shape index (κ3) is 3.24. The second kappa shape index (κ2) is 7.40. The lowest BCUT2D eigenvalue weighted by Crippen LogP contribution is -2.16. The Morgan fingerprint density at radius 1 is 0.677 bits per heavy atom. The molecule has 1 aliphatic carbocycles. The number of nitrogens with zero attached hydrogens (tertiary/aromatic N) is 1. The summed E-state index contributed by atoms with van der Waals surface area (Å²) in [7, 11) is 0. The first-order valence-electron chi connectivity index (χ1n) is 10.8. The second-order valence-corrected chi connectivity index (χ2v) is 8.90. The minimum atomic E-state index is -0.0401. The van der Waals surface area contributed by atoms with Gasteiger partial charge in [0.25, 0.3) is 0 Å². The van der Waals surface area contributed by atoms with E-state index in [1.807, 2.05) is 12.1 Å². The molecule has 0 bridgehead atoms. The molecule has 31 heavy (non-hydrogen) atoms. The van der Waals surface area contributed by atoms with Crippen LogP contribution < -0.4 is 4.90 Å². The Labute approximate surface area is 184 Å². The Morgan fingerprint density at radius 2 is 1.26 bits per heavy atom. The van der Waals surface area contributed by atoms with Gasteiger partial charge in [0.1, 0.15) is 0 Å². The number of benzene rings is 4. The molecular formula is C29H27NO. The van der Waals surface area contributed by atoms with Crippen LogP contribution in [-0.4, -0.2) is 5.11 Å². The normalized spacial score (nSPS) is 13.5. The molecular weight excluding hydrogens is 378 g/mol. The number of aliphatic hydroxyl groups excluding tert-OH is 1. The summed E-state index contributed by atoms with van der Waals surface area (Å²) in [6.45, 7) is 6.79. The smallest absolute Gasteiger partial charge is 0.0681 e. The molecule has 4 aromatic rings. The van der Waals surface area contributed by atoms with Crippen molar-refractivity contribution >= 4 is 17.1 Å². The molecule has 154 valence electrons. The van der Waals surface area contributed by atoms with Crippen LogP contribution in [0, 0.1) is 6.92 Å². The SMILES string of the molecule is Cc1ccc(N(c2ccc(CO)cc2)c2ccc3c(c2)C(C)(C)c2ccccc2-3)cc1. The van der Waals surface area contributed by atoms with Gasteiger partial charge >= 0.3 is 0 Å². The van der Waals surface area contributed by atoms with Gasteiger partial charge in [0, 0.05) is 22.5 Å². The minimum Gasteiger partial charge on any atom is -0.392 e. The van der Waals surface area contributed by atoms with Crippen LogP contribution >= 0.6 is 0 Å². The summed E-state index contributed by atoms with van der Waals surface area (Å²) in [6, 6.07) is 32.3. The Bertz CT molecular complexity index is 1240. The number of hydrogen-bond donors (Lipinski definition) is 1. The number of rotatable bonds is 4. The van der Waals surface area contributed by atoms with Crippen LogP contribution in [0.25, 0.3) is 11.1 Å². The van der Waals surface area contributed by atoms with Crippen molar-refractivity contribution in [2.24, 2.45) is 0 Å². The van der Waals surface area contributed by atoms with Crippen molar-refractivity contribution in [2.75, 3.05) is 4.90 Å². The summed E-state index contributed by atoms with van der Waals surface area (Å²) >= 11 is 0. The van der Waals surface area contributed by atoms with Gasteiger partial charge in [-0.25, -0.2) is 0 Å². The summed E-state index contributed by atoms with van der Waals surface area (Å²) in [5, 5.41) is 9.47. The van der Waals surface area contributed by atoms with E-state index < -0.39 is 0 Å². The van der Waals surface area contributed by atoms with Crippen LogP contribution in [0.3, 0.4) is 0 Å². The summed E-state index contributed by atoms with van der Waals surface area (Å²) in [5.74, 6) is 0. The van der Waals surface area contributed by atoms with Gasteiger partial charge in [-0.1, -0.05) is 74.0 Å². The van der Waals surface area contributed by atoms with Gasteiger partial charge < -0.3 is 10.0 Å². The Kier molecular flexibility index (Phi) is 4.68. The lowest BCUT2D eigenvalue weighted by Gasteiger charge is -2.28. The van der Waals surface area contributed by atoms with Gasteiger partial charge in [0.15, 0.2) is 0 Å². The maximum Gasteiger partial charge on any atom is 0.0681 e. The standard InChI is InChI=1S/C29H27NO/c1-20-8-12-22(13-9-20)30(23-14-10-21(19-31)11-15-23)24-16-17-26-25-6-4-5-7-27(25)29(2,3)28(26)18-24/h4-18,31H,19H2,1-3H3. The van der Waals surface area contributed by atoms with Crippen molar-refractivity contribution in [3.63, 3.8) is 0 Å². The molecule has 0 heterocycles. The molecule has 4 aromatic carbocycles. The third-order valence-electron chi connectivity index (χ3n) is 6.49. The molecule has 0 aromatic heterocycles. The van der Waals surface area contributed by atoms with Crippen LogP contribution in [0.15, 0.2) is 91.0 Å². The molecule has 0 atom stereocenters. The highest BCUT2D eigenvalue weighted by molar-refractivity contribution is 5.85. The first-order valence-corrected chi connectivity index (χ1v) is 10.8. The zero-order chi connectivity index (χ0) is 21.6. The molecule has 0 saturated carbocycles. The van der Waals surface area contributed by atoms with Crippen molar-refractivity contribution in [3.8, 4) is 11.1 Å². The zero-order valence-electron chi connectivity index (χ0n) is 18.3. The van der Waals surface area contributed by atoms with Crippen molar-refractivity contribution in [2.45, 2.75) is 32.8 Å². The van der Waals surface area contributed by atoms with E-state index in [1.165, 1.54) is 27.8 Å². The number of aliphatic hydroxyl groups is 1. The average molecular weight is 406 g/mol. The fourth-order valence-corrected chi connectivity index (χ4v) is 4.72. The molecule has 1 N–H and O–H groups in total. The first kappa shape index (κ1) is 19.6. The fourth-order valence-electron chi connectivity index (χ4n) is 4.72. The van der Waals surface area contributed by atoms with Crippen molar-refractivity contribution in [1.82, 2.24) is 0 Å². The van der Waals surface area contributed by atoms with Crippen LogP contribution in [0.5, 0.6) is 0 Å². The highest BCUT2D eigenvalue weighted by Gasteiger charge is 2.35. The maximum atomic E-state index is 9.47. The van der Waals surface area contributed by atoms with E-state index in [0.29, 0.717) is 0 Å². The number of aryl methyl sites for hydroxylation is 1. The highest BCUT2D eigenvalue weighted by atomic mass is 16.3. The van der Waals surface area contributed by atoms with E-state index >= 15 is 0 Å². The minimum absolute atomic E-state index is 0.0401. The lowest BCUT2D eigenvalue weighted by molar-refractivity contribution is 0.282. The van der Waals surface area contributed by atoms with Crippen LogP contribution in [-0.2, 0) is 12.0 Å². The highest BCUT2D eigenvalue weighted by Crippen LogP contribution is 2.50. The third-order valence-corrected chi connectivity index (χ3v) is 6.49. The fraction of sp³-hybridized carbons (Fsp3) is 0.172. The van der Waals surface area contributed by atoms with E-state index in [0.717, 1.165) is 22.6 Å². The monoisotopic (exact) mass is 405 g/mol. The zero-order valence-corrected chi connectivity index (χ0v) is 18.3. The molecule has 0 saturated heterocycles.